The van der Waals surface area contributed by atoms with Crippen molar-refractivity contribution in [3.63, 3.8) is 0 Å². The van der Waals surface area contributed by atoms with Crippen molar-refractivity contribution in [2.24, 2.45) is 0 Å². The number of likely N-dealkylation sites (tertiary alicyclic amines) is 1. The van der Waals surface area contributed by atoms with Crippen LogP contribution in [0.2, 0.25) is 0 Å². The molecule has 1 saturated heterocycles. The number of carbonyl (C=O) groups is 1. The molecule has 0 saturated carbocycles. The van der Waals surface area contributed by atoms with Gasteiger partial charge in [-0.15, -0.1) is 0 Å². The molecule has 1 fully saturated rings. The van der Waals surface area contributed by atoms with E-state index in [0.717, 1.165) is 32.5 Å². The molecule has 6 nitrogen and oxygen atoms in total. The van der Waals surface area contributed by atoms with Gasteiger partial charge in [0.25, 0.3) is 11.6 Å². The van der Waals surface area contributed by atoms with Crippen LogP contribution in [-0.4, -0.2) is 46.6 Å². The van der Waals surface area contributed by atoms with E-state index in [1.54, 1.807) is 25.1 Å². The van der Waals surface area contributed by atoms with E-state index in [9.17, 15) is 9.18 Å². The quantitative estimate of drug-likeness (QED) is 0.613. The fourth-order valence-electron chi connectivity index (χ4n) is 3.88. The molecule has 4 rings (SSSR count). The van der Waals surface area contributed by atoms with E-state index in [2.05, 4.69) is 40.3 Å². The van der Waals surface area contributed by atoms with Crippen molar-refractivity contribution in [3.8, 4) is 11.3 Å². The first-order chi connectivity index (χ1) is 14.9. The molecule has 1 aliphatic rings. The Morgan fingerprint density at radius 2 is 1.97 bits per heavy atom. The molecule has 3 heterocycles. The topological polar surface area (TPSA) is 71.3 Å². The average molecular weight is 423 g/mol. The van der Waals surface area contributed by atoms with Gasteiger partial charge in [-0.25, -0.2) is 9.37 Å². The number of hydrogen-bond donors (Lipinski definition) is 1. The summed E-state index contributed by atoms with van der Waals surface area (Å²) in [6.45, 7) is 8.87. The number of allylic oxidation sites excluding steroid dienone is 1. The number of amides is 1. The molecule has 1 amide bonds. The van der Waals surface area contributed by atoms with Crippen molar-refractivity contribution >= 4 is 17.0 Å². The van der Waals surface area contributed by atoms with Gasteiger partial charge in [0.15, 0.2) is 0 Å². The Morgan fingerprint density at radius 3 is 2.65 bits per heavy atom. The number of carbonyl (C=O) groups excluding carboxylic acids is 1. The summed E-state index contributed by atoms with van der Waals surface area (Å²) in [4.78, 5) is 20.1. The lowest BCUT2D eigenvalue weighted by Gasteiger charge is -2.31. The van der Waals surface area contributed by atoms with Crippen molar-refractivity contribution in [2.75, 3.05) is 19.6 Å². The Bertz CT molecular complexity index is 1110. The lowest BCUT2D eigenvalue weighted by atomic mass is 10.0. The number of piperidine rings is 1. The van der Waals surface area contributed by atoms with Crippen molar-refractivity contribution in [1.82, 2.24) is 20.4 Å². The summed E-state index contributed by atoms with van der Waals surface area (Å²) in [5.74, 6) is -0.487. The molecule has 3 aromatic rings. The molecule has 0 aliphatic carbocycles. The number of aryl methyl sites for hydroxylation is 1. The standard InChI is InChI=1S/C24H27FN4O2/c1-15(2)8-11-29-12-9-19(10-13-29)26-23(30)20-14-21(17-4-6-18(25)7-5-17)27-24-22(20)16(3)28-31-24/h4-8,14,19H,9-13H2,1-3H3,(H,26,30). The molecule has 0 bridgehead atoms. The maximum absolute atomic E-state index is 13.3. The van der Waals surface area contributed by atoms with Crippen molar-refractivity contribution < 1.29 is 13.7 Å². The fourth-order valence-corrected chi connectivity index (χ4v) is 3.88. The summed E-state index contributed by atoms with van der Waals surface area (Å²) in [6.07, 6.45) is 4.05. The zero-order valence-electron chi connectivity index (χ0n) is 18.1. The van der Waals surface area contributed by atoms with Crippen LogP contribution < -0.4 is 5.32 Å². The zero-order valence-corrected chi connectivity index (χ0v) is 18.1. The second-order valence-corrected chi connectivity index (χ2v) is 8.34. The largest absolute Gasteiger partial charge is 0.349 e. The minimum Gasteiger partial charge on any atom is -0.349 e. The summed E-state index contributed by atoms with van der Waals surface area (Å²) in [7, 11) is 0. The Kier molecular flexibility index (Phi) is 6.13. The summed E-state index contributed by atoms with van der Waals surface area (Å²) < 4.78 is 18.7. The molecule has 162 valence electrons. The van der Waals surface area contributed by atoms with E-state index in [4.69, 9.17) is 4.52 Å². The van der Waals surface area contributed by atoms with Crippen molar-refractivity contribution in [3.05, 3.63) is 59.1 Å². The summed E-state index contributed by atoms with van der Waals surface area (Å²) >= 11 is 0. The van der Waals surface area contributed by atoms with Crippen LogP contribution in [0.15, 0.2) is 46.5 Å². The summed E-state index contributed by atoms with van der Waals surface area (Å²) in [5.41, 5.74) is 3.98. The molecule has 0 unspecified atom stereocenters. The van der Waals surface area contributed by atoms with E-state index in [1.807, 2.05) is 0 Å². The number of halogens is 1. The van der Waals surface area contributed by atoms with Crippen LogP contribution in [0.1, 0.15) is 42.7 Å². The van der Waals surface area contributed by atoms with Crippen LogP contribution in [-0.2, 0) is 0 Å². The molecule has 1 aromatic carbocycles. The SMILES string of the molecule is CC(C)=CCN1CCC(NC(=O)c2cc(-c3ccc(F)cc3)nc3onc(C)c23)CC1. The van der Waals surface area contributed by atoms with E-state index >= 15 is 0 Å². The third kappa shape index (κ3) is 4.82. The minimum atomic E-state index is -0.325. The number of nitrogens with zero attached hydrogens (tertiary/aromatic N) is 3. The highest BCUT2D eigenvalue weighted by atomic mass is 19.1. The van der Waals surface area contributed by atoms with Gasteiger partial charge in [0.2, 0.25) is 0 Å². The second-order valence-electron chi connectivity index (χ2n) is 8.34. The first kappa shape index (κ1) is 21.2. The molecule has 7 heteroatoms. The summed E-state index contributed by atoms with van der Waals surface area (Å²) in [5, 5.41) is 7.78. The van der Waals surface area contributed by atoms with Crippen LogP contribution in [0.25, 0.3) is 22.4 Å². The molecule has 1 aliphatic heterocycles. The lowest BCUT2D eigenvalue weighted by molar-refractivity contribution is 0.0915. The maximum atomic E-state index is 13.3. The van der Waals surface area contributed by atoms with Crippen molar-refractivity contribution in [1.29, 1.82) is 0 Å². The number of fused-ring (bicyclic) bond motifs is 1. The molecule has 0 atom stereocenters. The normalized spacial score (nSPS) is 15.2. The van der Waals surface area contributed by atoms with Gasteiger partial charge in [-0.3, -0.25) is 9.69 Å². The Hall–Kier alpha value is -3.06. The predicted molar refractivity (Wildman–Crippen MR) is 118 cm³/mol. The lowest BCUT2D eigenvalue weighted by Crippen LogP contribution is -2.44. The molecule has 0 spiro atoms. The van der Waals surface area contributed by atoms with E-state index in [1.165, 1.54) is 17.7 Å². The highest BCUT2D eigenvalue weighted by Crippen LogP contribution is 2.27. The number of rotatable bonds is 5. The monoisotopic (exact) mass is 422 g/mol. The van der Waals surface area contributed by atoms with Gasteiger partial charge < -0.3 is 9.84 Å². The highest BCUT2D eigenvalue weighted by Gasteiger charge is 2.24. The number of nitrogens with one attached hydrogen (secondary N) is 1. The predicted octanol–water partition coefficient (Wildman–Crippen LogP) is 4.50. The Labute approximate surface area is 181 Å². The minimum absolute atomic E-state index is 0.119. The Morgan fingerprint density at radius 1 is 1.26 bits per heavy atom. The number of pyridine rings is 1. The molecular formula is C24H27FN4O2. The highest BCUT2D eigenvalue weighted by molar-refractivity contribution is 6.07. The van der Waals surface area contributed by atoms with Crippen LogP contribution >= 0.6 is 0 Å². The van der Waals surface area contributed by atoms with E-state index in [0.29, 0.717) is 33.6 Å². The zero-order chi connectivity index (χ0) is 22.0. The maximum Gasteiger partial charge on any atom is 0.259 e. The van der Waals surface area contributed by atoms with Crippen molar-refractivity contribution in [2.45, 2.75) is 39.7 Å². The van der Waals surface area contributed by atoms with Crippen LogP contribution in [0.4, 0.5) is 4.39 Å². The van der Waals surface area contributed by atoms with Gasteiger partial charge in [0.05, 0.1) is 22.3 Å². The molecular weight excluding hydrogens is 395 g/mol. The third-order valence-corrected chi connectivity index (χ3v) is 5.68. The molecule has 1 N–H and O–H groups in total. The van der Waals surface area contributed by atoms with Gasteiger partial charge in [0.1, 0.15) is 5.82 Å². The van der Waals surface area contributed by atoms with E-state index in [-0.39, 0.29) is 17.8 Å². The Balaban J connectivity index is 1.54. The van der Waals surface area contributed by atoms with Gasteiger partial charge in [0, 0.05) is 31.2 Å². The van der Waals surface area contributed by atoms with Gasteiger partial charge in [-0.2, -0.15) is 0 Å². The first-order valence-corrected chi connectivity index (χ1v) is 10.6. The fraction of sp³-hybridized carbons (Fsp3) is 0.375. The number of aromatic nitrogens is 2. The van der Waals surface area contributed by atoms with Gasteiger partial charge in [-0.1, -0.05) is 16.8 Å². The van der Waals surface area contributed by atoms with Crippen LogP contribution in [0.3, 0.4) is 0 Å². The van der Waals surface area contributed by atoms with Crippen LogP contribution in [0, 0.1) is 12.7 Å². The van der Waals surface area contributed by atoms with Gasteiger partial charge >= 0.3 is 0 Å². The first-order valence-electron chi connectivity index (χ1n) is 10.6. The number of benzene rings is 1. The smallest absolute Gasteiger partial charge is 0.259 e. The van der Waals surface area contributed by atoms with E-state index < -0.39 is 0 Å². The molecule has 0 radical (unpaired) electrons. The second kappa shape index (κ2) is 8.98. The number of hydrogen-bond acceptors (Lipinski definition) is 5. The molecule has 2 aromatic heterocycles. The summed E-state index contributed by atoms with van der Waals surface area (Å²) in [6, 6.07) is 7.87. The van der Waals surface area contributed by atoms with Gasteiger partial charge in [-0.05, 0) is 63.9 Å². The average Bonchev–Trinajstić information content (AvgIpc) is 3.14. The van der Waals surface area contributed by atoms with Crippen LogP contribution in [0.5, 0.6) is 0 Å². The third-order valence-electron chi connectivity index (χ3n) is 5.68. The molecule has 31 heavy (non-hydrogen) atoms.